The fourth-order valence-corrected chi connectivity index (χ4v) is 4.65. The highest BCUT2D eigenvalue weighted by Crippen LogP contribution is 2.40. The average molecular weight is 357 g/mol. The van der Waals surface area contributed by atoms with Crippen LogP contribution in [0.3, 0.4) is 0 Å². The Morgan fingerprint density at radius 3 is 2.33 bits per heavy atom. The van der Waals surface area contributed by atoms with Gasteiger partial charge in [-0.15, -0.1) is 0 Å². The van der Waals surface area contributed by atoms with Crippen molar-refractivity contribution in [3.8, 4) is 17.2 Å². The first-order valence-electron chi connectivity index (χ1n) is 7.57. The molecule has 1 fully saturated rings. The molecule has 24 heavy (non-hydrogen) atoms. The van der Waals surface area contributed by atoms with Crippen LogP contribution in [0.25, 0.3) is 0 Å². The van der Waals surface area contributed by atoms with Crippen LogP contribution in [0.2, 0.25) is 0 Å². The first-order chi connectivity index (χ1) is 11.3. The second kappa shape index (κ2) is 7.29. The normalized spacial score (nSPS) is 18.9. The van der Waals surface area contributed by atoms with Crippen LogP contribution in [0, 0.1) is 0 Å². The number of methoxy groups -OCH3 is 3. The molecule has 7 nitrogen and oxygen atoms in total. The molecule has 2 rings (SSSR count). The zero-order chi connectivity index (χ0) is 17.9. The molecule has 1 amide bonds. The summed E-state index contributed by atoms with van der Waals surface area (Å²) in [5.41, 5.74) is 0.660. The maximum absolute atomic E-state index is 12.5. The summed E-state index contributed by atoms with van der Waals surface area (Å²) >= 11 is 0. The van der Waals surface area contributed by atoms with Gasteiger partial charge in [0.2, 0.25) is 11.7 Å². The average Bonchev–Trinajstić information content (AvgIpc) is 2.93. The SMILES string of the molecule is COc1ccc(CC(=O)N(C)[C@@H]2CCS(=O)(=O)C2)c(OC)c1OC. The van der Waals surface area contributed by atoms with Crippen LogP contribution >= 0.6 is 0 Å². The van der Waals surface area contributed by atoms with Gasteiger partial charge in [0, 0.05) is 18.7 Å². The Balaban J connectivity index is 2.20. The lowest BCUT2D eigenvalue weighted by Gasteiger charge is -2.24. The Labute approximate surface area is 142 Å². The van der Waals surface area contributed by atoms with Crippen LogP contribution in [-0.4, -0.2) is 65.1 Å². The van der Waals surface area contributed by atoms with Crippen molar-refractivity contribution in [1.29, 1.82) is 0 Å². The molecule has 1 aliphatic rings. The first kappa shape index (κ1) is 18.4. The van der Waals surface area contributed by atoms with Crippen LogP contribution in [-0.2, 0) is 21.1 Å². The Hall–Kier alpha value is -1.96. The summed E-state index contributed by atoms with van der Waals surface area (Å²) in [5.74, 6) is 1.38. The summed E-state index contributed by atoms with van der Waals surface area (Å²) in [4.78, 5) is 14.1. The van der Waals surface area contributed by atoms with E-state index in [2.05, 4.69) is 0 Å². The second-order valence-electron chi connectivity index (χ2n) is 5.73. The van der Waals surface area contributed by atoms with Gasteiger partial charge in [0.05, 0.1) is 39.3 Å². The molecular weight excluding hydrogens is 334 g/mol. The van der Waals surface area contributed by atoms with E-state index in [4.69, 9.17) is 14.2 Å². The van der Waals surface area contributed by atoms with Gasteiger partial charge in [-0.2, -0.15) is 0 Å². The summed E-state index contributed by atoms with van der Waals surface area (Å²) in [6, 6.07) is 3.19. The smallest absolute Gasteiger partial charge is 0.227 e. The van der Waals surface area contributed by atoms with Gasteiger partial charge >= 0.3 is 0 Å². The molecule has 134 valence electrons. The lowest BCUT2D eigenvalue weighted by molar-refractivity contribution is -0.130. The van der Waals surface area contributed by atoms with Crippen LogP contribution < -0.4 is 14.2 Å². The Bertz CT molecular complexity index is 716. The van der Waals surface area contributed by atoms with Crippen molar-refractivity contribution >= 4 is 15.7 Å². The van der Waals surface area contributed by atoms with Crippen molar-refractivity contribution in [3.05, 3.63) is 17.7 Å². The maximum Gasteiger partial charge on any atom is 0.227 e. The van der Waals surface area contributed by atoms with Crippen molar-refractivity contribution in [3.63, 3.8) is 0 Å². The maximum atomic E-state index is 12.5. The van der Waals surface area contributed by atoms with Gasteiger partial charge in [0.15, 0.2) is 21.3 Å². The molecule has 1 aliphatic heterocycles. The monoisotopic (exact) mass is 357 g/mol. The zero-order valence-corrected chi connectivity index (χ0v) is 15.2. The van der Waals surface area contributed by atoms with Crippen LogP contribution in [0.5, 0.6) is 17.2 Å². The number of amides is 1. The number of rotatable bonds is 6. The highest BCUT2D eigenvalue weighted by Gasteiger charge is 2.33. The quantitative estimate of drug-likeness (QED) is 0.752. The predicted molar refractivity (Wildman–Crippen MR) is 89.6 cm³/mol. The van der Waals surface area contributed by atoms with E-state index in [9.17, 15) is 13.2 Å². The van der Waals surface area contributed by atoms with Gasteiger partial charge in [-0.25, -0.2) is 8.42 Å². The predicted octanol–water partition coefficient (Wildman–Crippen LogP) is 0.900. The van der Waals surface area contributed by atoms with E-state index >= 15 is 0 Å². The van der Waals surface area contributed by atoms with Crippen molar-refractivity contribution in [2.45, 2.75) is 18.9 Å². The lowest BCUT2D eigenvalue weighted by Crippen LogP contribution is -2.38. The molecule has 0 aromatic heterocycles. The third kappa shape index (κ3) is 3.75. The van der Waals surface area contributed by atoms with E-state index < -0.39 is 9.84 Å². The molecule has 1 atom stereocenters. The number of likely N-dealkylation sites (N-methyl/N-ethyl adjacent to an activating group) is 1. The molecule has 1 heterocycles. The summed E-state index contributed by atoms with van der Waals surface area (Å²) in [5, 5.41) is 0. The molecule has 1 aromatic carbocycles. The summed E-state index contributed by atoms with van der Waals surface area (Å²) in [7, 11) is 3.13. The van der Waals surface area contributed by atoms with Crippen LogP contribution in [0.1, 0.15) is 12.0 Å². The van der Waals surface area contributed by atoms with E-state index in [1.54, 1.807) is 19.2 Å². The highest BCUT2D eigenvalue weighted by molar-refractivity contribution is 7.91. The molecule has 0 radical (unpaired) electrons. The minimum atomic E-state index is -3.03. The van der Waals surface area contributed by atoms with Gasteiger partial charge in [-0.1, -0.05) is 6.07 Å². The topological polar surface area (TPSA) is 82.1 Å². The molecule has 1 aromatic rings. The van der Waals surface area contributed by atoms with Gasteiger partial charge in [-0.3, -0.25) is 4.79 Å². The minimum absolute atomic E-state index is 0.0261. The minimum Gasteiger partial charge on any atom is -0.493 e. The Kier molecular flexibility index (Phi) is 5.58. The lowest BCUT2D eigenvalue weighted by atomic mass is 10.1. The van der Waals surface area contributed by atoms with Crippen molar-refractivity contribution in [2.75, 3.05) is 39.9 Å². The molecule has 0 spiro atoms. The largest absolute Gasteiger partial charge is 0.493 e. The molecule has 0 aliphatic carbocycles. The van der Waals surface area contributed by atoms with Gasteiger partial charge < -0.3 is 19.1 Å². The van der Waals surface area contributed by atoms with Gasteiger partial charge in [0.1, 0.15) is 0 Å². The number of ether oxygens (including phenoxy) is 3. The molecule has 0 unspecified atom stereocenters. The number of carbonyl (C=O) groups excluding carboxylic acids is 1. The number of sulfone groups is 1. The second-order valence-corrected chi connectivity index (χ2v) is 7.96. The number of nitrogens with zero attached hydrogens (tertiary/aromatic N) is 1. The van der Waals surface area contributed by atoms with Crippen molar-refractivity contribution in [2.24, 2.45) is 0 Å². The Morgan fingerprint density at radius 2 is 1.83 bits per heavy atom. The molecule has 8 heteroatoms. The van der Waals surface area contributed by atoms with E-state index in [0.29, 0.717) is 29.2 Å². The molecule has 1 saturated heterocycles. The van der Waals surface area contributed by atoms with E-state index in [1.165, 1.54) is 26.2 Å². The summed E-state index contributed by atoms with van der Waals surface area (Å²) < 4.78 is 39.1. The van der Waals surface area contributed by atoms with Gasteiger partial charge in [-0.05, 0) is 12.5 Å². The fourth-order valence-electron chi connectivity index (χ4n) is 2.87. The standard InChI is InChI=1S/C16H23NO6S/c1-17(12-7-8-24(19,20)10-12)14(18)9-11-5-6-13(21-2)16(23-4)15(11)22-3/h5-6,12H,7-10H2,1-4H3/t12-/m1/s1. The number of hydrogen-bond acceptors (Lipinski definition) is 6. The van der Waals surface area contributed by atoms with Crippen molar-refractivity contribution < 1.29 is 27.4 Å². The van der Waals surface area contributed by atoms with Crippen LogP contribution in [0.4, 0.5) is 0 Å². The third-order valence-electron chi connectivity index (χ3n) is 4.28. The molecule has 0 bridgehead atoms. The number of hydrogen-bond donors (Lipinski definition) is 0. The van der Waals surface area contributed by atoms with Crippen molar-refractivity contribution in [1.82, 2.24) is 4.90 Å². The summed E-state index contributed by atoms with van der Waals surface area (Å²) in [6.07, 6.45) is 0.574. The fraction of sp³-hybridized carbons (Fsp3) is 0.562. The molecule has 0 saturated carbocycles. The Morgan fingerprint density at radius 1 is 1.17 bits per heavy atom. The number of benzene rings is 1. The van der Waals surface area contributed by atoms with E-state index in [-0.39, 0.29) is 29.9 Å². The van der Waals surface area contributed by atoms with E-state index in [1.807, 2.05) is 0 Å². The first-order valence-corrected chi connectivity index (χ1v) is 9.39. The summed E-state index contributed by atoms with van der Waals surface area (Å²) in [6.45, 7) is 0. The van der Waals surface area contributed by atoms with Gasteiger partial charge in [0.25, 0.3) is 0 Å². The van der Waals surface area contributed by atoms with E-state index in [0.717, 1.165) is 0 Å². The third-order valence-corrected chi connectivity index (χ3v) is 6.03. The highest BCUT2D eigenvalue weighted by atomic mass is 32.2. The van der Waals surface area contributed by atoms with Crippen LogP contribution in [0.15, 0.2) is 12.1 Å². The molecule has 0 N–H and O–H groups in total. The number of carbonyl (C=O) groups is 1. The molecular formula is C16H23NO6S. The zero-order valence-electron chi connectivity index (χ0n) is 14.4.